The number of carbonyl (C=O) groups is 3. The van der Waals surface area contributed by atoms with Crippen molar-refractivity contribution in [1.82, 2.24) is 15.2 Å². The minimum Gasteiger partial charge on any atom is -0.492 e. The number of aromatic amines is 1. The number of H-pyrrole nitrogens is 1. The summed E-state index contributed by atoms with van der Waals surface area (Å²) >= 11 is 24.7. The number of hydrogen-bond acceptors (Lipinski definition) is 28. The van der Waals surface area contributed by atoms with Crippen molar-refractivity contribution in [1.29, 1.82) is 5.26 Å². The van der Waals surface area contributed by atoms with Crippen LogP contribution in [0.2, 0.25) is 0 Å². The van der Waals surface area contributed by atoms with Gasteiger partial charge in [0.2, 0.25) is 0 Å². The standard InChI is InChI=1S/C15H27N3O.C15H23N3.C14H22N2O3.C13H19N3O.C13H20N2O3.C13H20N2O2.6C4H10S.12H2O/c1-18(2)11-12-19-15-8-6-7-14(13-15)17-10-5-3-4-9-16;16-9-4-1-5-10-17-11-8-13-12-18-15-7-3-2-6-14(13)15;1-18-14(17)11-19-13-7-5-6-12(10-13)16-9-4-2-3-8-15;14-7-2-1-3-9-16-12-5-4-6-13(11-12)17-10-8-15;14-7-2-1-3-8-15-11-5-4-6-12(9-11)18-10-13(16)17;14-7-2-1-3-8-15-12-6-4-5-11(9-12)10-13(16)17;6*1-4(2,3)5;;;;;;;;;;;;/h6-8,13,17H,3-5,9-12,16H2,1-2H3;2-3,6-7,12,17-18H,1,4-5,8-11,16H2;5-7,10,16H,2-4,8-9,11,15H2,1H3;4-6,11,16H,1-3,7,9-10,14H2;4-6,9,15H,1-3,7-8,10,14H2,(H,16,17);4-6,9,15H,1-3,7-8,10,14H2,(H,16,17);6*5H,1-3H3;12*1H2. The molecule has 0 atom stereocenters. The van der Waals surface area contributed by atoms with Crippen molar-refractivity contribution in [2.24, 2.45) is 34.4 Å². The van der Waals surface area contributed by atoms with Crippen LogP contribution in [0.3, 0.4) is 0 Å². The van der Waals surface area contributed by atoms with Crippen molar-refractivity contribution >= 4 is 133 Å². The zero-order valence-electron chi connectivity index (χ0n) is 94.5. The number of carbonyl (C=O) groups excluding carboxylic acids is 1. The summed E-state index contributed by atoms with van der Waals surface area (Å²) in [4.78, 5) is 37.4. The molecule has 0 aliphatic heterocycles. The average Bonchev–Trinajstić information content (AvgIpc) is 1.69. The zero-order valence-corrected chi connectivity index (χ0v) is 99.9. The van der Waals surface area contributed by atoms with Crippen molar-refractivity contribution in [3.63, 3.8) is 0 Å². The Morgan fingerprint density at radius 3 is 0.927 bits per heavy atom. The number of para-hydroxylation sites is 1. The smallest absolute Gasteiger partial charge is 0.343 e. The molecular weight excluding hydrogens is 2040 g/mol. The van der Waals surface area contributed by atoms with Crippen LogP contribution in [0.1, 0.15) is 251 Å². The molecule has 150 heavy (non-hydrogen) atoms. The number of anilines is 5. The number of rotatable bonds is 52. The molecule has 0 amide bonds. The molecule has 0 bridgehead atoms. The van der Waals surface area contributed by atoms with E-state index in [1.165, 1.54) is 42.8 Å². The van der Waals surface area contributed by atoms with E-state index < -0.39 is 11.9 Å². The van der Waals surface area contributed by atoms with Gasteiger partial charge < -0.3 is 176 Å². The lowest BCUT2D eigenvalue weighted by Gasteiger charge is -2.12. The number of benzene rings is 6. The maximum absolute atomic E-state index is 11.0. The molecule has 43 heteroatoms. The SMILES string of the molecule is CC(C)(C)S.CC(C)(C)S.CC(C)(C)S.CC(C)(C)S.CC(C)(C)S.CC(C)(C)S.CN(C)CCOc1cccc(NCCCCCN)c1.COC(=O)COc1cccc(NCCCCCN)c1.N#CCOc1cccc(NCCCCCN)c1.NCCCCCNCCc1c[nH]c2ccccc12.NCCCCCNc1cccc(CC(=O)O)c1.NCCCCCNc1cccc(OCC(=O)O)c1.O.O.O.O.O.O.O.O.O.O.O.O. The number of aromatic nitrogens is 1. The summed E-state index contributed by atoms with van der Waals surface area (Å²) in [5, 5.41) is 47.1. The van der Waals surface area contributed by atoms with E-state index in [2.05, 4.69) is 290 Å². The zero-order chi connectivity index (χ0) is 106. The summed E-state index contributed by atoms with van der Waals surface area (Å²) < 4.78 is 27.0. The van der Waals surface area contributed by atoms with Crippen LogP contribution in [0.25, 0.3) is 10.9 Å². The molecule has 45 N–H and O–H groups in total. The fraction of sp³-hybridized carbons (Fsp3) is 0.607. The minimum atomic E-state index is -0.977. The third kappa shape index (κ3) is 155. The van der Waals surface area contributed by atoms with Crippen LogP contribution in [-0.2, 0) is 32.0 Å². The molecule has 37 nitrogen and oxygen atoms in total. The first-order valence-corrected chi connectivity index (χ1v) is 51.4. The number of esters is 1. The lowest BCUT2D eigenvalue weighted by atomic mass is 10.1. The summed E-state index contributed by atoms with van der Waals surface area (Å²) in [6.45, 7) is 49.6. The predicted molar refractivity (Wildman–Crippen MR) is 660 cm³/mol. The third-order valence-electron chi connectivity index (χ3n) is 16.0. The Bertz CT molecular complexity index is 3980. The summed E-state index contributed by atoms with van der Waals surface area (Å²) in [7, 11) is 5.43. The summed E-state index contributed by atoms with van der Waals surface area (Å²) in [6.07, 6.45) is 23.4. The van der Waals surface area contributed by atoms with Gasteiger partial charge in [0, 0.05) is 138 Å². The summed E-state index contributed by atoms with van der Waals surface area (Å²) in [5.74, 6) is 0.689. The quantitative estimate of drug-likeness (QED) is 0.00956. The highest BCUT2D eigenvalue weighted by atomic mass is 32.1. The Morgan fingerprint density at radius 2 is 0.640 bits per heavy atom. The van der Waals surface area contributed by atoms with Crippen LogP contribution in [0.5, 0.6) is 23.0 Å². The van der Waals surface area contributed by atoms with Gasteiger partial charge in [-0.1, -0.05) is 218 Å². The van der Waals surface area contributed by atoms with Gasteiger partial charge in [0.15, 0.2) is 19.8 Å². The fourth-order valence-corrected chi connectivity index (χ4v) is 10.2. The third-order valence-corrected chi connectivity index (χ3v) is 16.0. The normalized spacial score (nSPS) is 9.82. The number of likely N-dealkylation sites (N-methyl/N-ethyl adjacent to an activating group) is 1. The highest BCUT2D eigenvalue weighted by molar-refractivity contribution is 7.82. The Balaban J connectivity index is -0.0000000879. The molecule has 0 aliphatic rings. The van der Waals surface area contributed by atoms with Gasteiger partial charge in [-0.2, -0.15) is 81.0 Å². The molecule has 7 aromatic rings. The second-order valence-electron chi connectivity index (χ2n) is 38.6. The van der Waals surface area contributed by atoms with E-state index in [9.17, 15) is 14.4 Å². The van der Waals surface area contributed by atoms with E-state index in [1.807, 2.05) is 117 Å². The molecule has 0 saturated carbocycles. The second-order valence-corrected chi connectivity index (χ2v) is 46.7. The molecule has 886 valence electrons. The minimum absolute atomic E-state index is 0. The van der Waals surface area contributed by atoms with Crippen LogP contribution in [-0.4, -0.2) is 271 Å². The van der Waals surface area contributed by atoms with Crippen molar-refractivity contribution in [3.05, 3.63) is 163 Å². The van der Waals surface area contributed by atoms with Crippen LogP contribution in [0, 0.1) is 11.3 Å². The first-order valence-electron chi connectivity index (χ1n) is 48.7. The van der Waals surface area contributed by atoms with Gasteiger partial charge in [0.25, 0.3) is 0 Å². The van der Waals surface area contributed by atoms with Crippen molar-refractivity contribution in [3.8, 4) is 29.1 Å². The molecule has 0 saturated heterocycles. The molecule has 0 unspecified atom stereocenters. The van der Waals surface area contributed by atoms with Gasteiger partial charge in [-0.05, 0) is 228 Å². The first-order chi connectivity index (χ1) is 64.7. The Labute approximate surface area is 935 Å². The molecular formula is C107H215N15O22S6. The van der Waals surface area contributed by atoms with E-state index >= 15 is 0 Å². The first kappa shape index (κ1) is 181. The number of nitriles is 1. The predicted octanol–water partition coefficient (Wildman–Crippen LogP) is 12.4. The number of nitrogens with one attached hydrogen (secondary N) is 7. The molecule has 1 heterocycles. The van der Waals surface area contributed by atoms with Crippen molar-refractivity contribution in [2.75, 3.05) is 166 Å². The number of nitrogens with zero attached hydrogens (tertiary/aromatic N) is 2. The van der Waals surface area contributed by atoms with Crippen molar-refractivity contribution in [2.45, 2.75) is 282 Å². The molecule has 0 fully saturated rings. The summed E-state index contributed by atoms with van der Waals surface area (Å²) in [5.41, 5.74) is 41.1. The van der Waals surface area contributed by atoms with Crippen molar-refractivity contribution < 1.29 is 114 Å². The van der Waals surface area contributed by atoms with E-state index in [4.69, 9.17) is 68.8 Å². The molecule has 0 aliphatic carbocycles. The number of carboxylic acids is 2. The van der Waals surface area contributed by atoms with Crippen LogP contribution < -0.4 is 85.3 Å². The summed E-state index contributed by atoms with van der Waals surface area (Å²) in [6, 6.07) is 48.6. The van der Waals surface area contributed by atoms with Gasteiger partial charge in [-0.15, -0.1) is 0 Å². The Kier molecular flexibility index (Phi) is 139. The van der Waals surface area contributed by atoms with Gasteiger partial charge in [0.1, 0.15) is 35.7 Å². The highest BCUT2D eigenvalue weighted by Crippen LogP contribution is 2.24. The molecule has 1 aromatic heterocycles. The average molecular weight is 2260 g/mol. The number of unbranched alkanes of at least 4 members (excludes halogenated alkanes) is 12. The maximum Gasteiger partial charge on any atom is 0.343 e. The number of aliphatic carboxylic acids is 2. The monoisotopic (exact) mass is 2250 g/mol. The number of thiol groups is 6. The van der Waals surface area contributed by atoms with Gasteiger partial charge in [-0.25, -0.2) is 9.59 Å². The number of carboxylic acid groups (broad SMARTS) is 2. The topological polar surface area (TPSA) is 787 Å². The largest absolute Gasteiger partial charge is 0.492 e. The number of nitrogens with two attached hydrogens (primary N) is 6. The van der Waals surface area contributed by atoms with E-state index in [1.54, 1.807) is 12.1 Å². The van der Waals surface area contributed by atoms with Crippen LogP contribution in [0.15, 0.2) is 152 Å². The van der Waals surface area contributed by atoms with Crippen LogP contribution >= 0.6 is 75.8 Å². The number of methoxy groups -OCH3 is 1. The van der Waals surface area contributed by atoms with E-state index in [-0.39, 0.29) is 126 Å². The molecule has 6 aromatic carbocycles. The second kappa shape index (κ2) is 115. The highest BCUT2D eigenvalue weighted by Gasteiger charge is 2.09. The maximum atomic E-state index is 11.0. The van der Waals surface area contributed by atoms with E-state index in [0.717, 1.165) is 240 Å². The Hall–Kier alpha value is -7.74. The molecule has 0 spiro atoms. The number of hydrogen-bond donors (Lipinski definition) is 21. The van der Waals surface area contributed by atoms with E-state index in [0.29, 0.717) is 18.1 Å². The van der Waals surface area contributed by atoms with Crippen LogP contribution in [0.4, 0.5) is 28.4 Å². The number of fused-ring (bicyclic) bond motifs is 1. The van der Waals surface area contributed by atoms with Gasteiger partial charge >= 0.3 is 17.9 Å². The van der Waals surface area contributed by atoms with Gasteiger partial charge in [0.05, 0.1) is 13.5 Å². The molecule has 0 radical (unpaired) electrons. The lowest BCUT2D eigenvalue weighted by Crippen LogP contribution is -2.19. The number of ether oxygens (including phenoxy) is 5. The van der Waals surface area contributed by atoms with Gasteiger partial charge in [-0.3, -0.25) is 4.79 Å². The molecule has 7 rings (SSSR count). The Morgan fingerprint density at radius 1 is 0.360 bits per heavy atom. The lowest BCUT2D eigenvalue weighted by molar-refractivity contribution is -0.143. The fourth-order valence-electron chi connectivity index (χ4n) is 10.2.